The highest BCUT2D eigenvalue weighted by atomic mass is 16.3. The van der Waals surface area contributed by atoms with Crippen LogP contribution >= 0.6 is 0 Å². The predicted octanol–water partition coefficient (Wildman–Crippen LogP) is -0.770. The van der Waals surface area contributed by atoms with Crippen LogP contribution in [0.15, 0.2) is 121 Å². The summed E-state index contributed by atoms with van der Waals surface area (Å²) in [6, 6.07) is 15.8. The molecule has 1 saturated carbocycles. The van der Waals surface area contributed by atoms with Gasteiger partial charge in [-0.25, -0.2) is 10.2 Å². The largest absolute Gasteiger partial charge is 0.508 e. The number of H-pyrrole nitrogens is 2. The number of guanidine groups is 1. The van der Waals surface area contributed by atoms with Crippen LogP contribution in [0.25, 0.3) is 21.8 Å². The number of aliphatic imine (C=N–C) groups is 1. The van der Waals surface area contributed by atoms with E-state index >= 15 is 0 Å². The van der Waals surface area contributed by atoms with Crippen molar-refractivity contribution < 1.29 is 63.0 Å². The summed E-state index contributed by atoms with van der Waals surface area (Å²) in [5.74, 6) is -9.43. The number of nitrogens with two attached hydrogens (primary N) is 3. The van der Waals surface area contributed by atoms with Gasteiger partial charge in [0.05, 0.1) is 12.5 Å². The molecule has 9 atom stereocenters. The Morgan fingerprint density at radius 3 is 1.58 bits per heavy atom. The molecule has 2 heterocycles. The number of aromatic hydroxyl groups is 1. The molecule has 512 valence electrons. The van der Waals surface area contributed by atoms with Crippen LogP contribution < -0.4 is 75.9 Å². The fourth-order valence-corrected chi connectivity index (χ4v) is 10.6. The number of carbonyl (C=O) groups is 11. The summed E-state index contributed by atoms with van der Waals surface area (Å²) in [4.78, 5) is 162. The highest BCUT2D eigenvalue weighted by molar-refractivity contribution is 6.00. The van der Waals surface area contributed by atoms with Gasteiger partial charge in [-0.3, -0.25) is 58.4 Å². The number of carbonyl (C=O) groups excluding carboxylic acids is 11. The lowest BCUT2D eigenvalue weighted by Gasteiger charge is -2.28. The number of urea groups is 1. The van der Waals surface area contributed by atoms with E-state index in [1.807, 2.05) is 24.3 Å². The van der Waals surface area contributed by atoms with Crippen molar-refractivity contribution in [2.45, 2.75) is 139 Å². The van der Waals surface area contributed by atoms with Gasteiger partial charge < -0.3 is 85.2 Å². The fourth-order valence-electron chi connectivity index (χ4n) is 10.6. The minimum absolute atomic E-state index is 0.0133. The molecule has 1 fully saturated rings. The molecule has 0 spiro atoms. The normalized spacial score (nSPS) is 15.0. The molecule has 2 aromatic heterocycles. The lowest BCUT2D eigenvalue weighted by Crippen LogP contribution is -2.62. The molecule has 0 radical (unpaired) electrons. The lowest BCUT2D eigenvalue weighted by molar-refractivity contribution is -0.137. The third-order valence-corrected chi connectivity index (χ3v) is 15.9. The second-order valence-electron chi connectivity index (χ2n) is 24.1. The predicted molar refractivity (Wildman–Crippen MR) is 355 cm³/mol. The molecule has 0 aliphatic heterocycles. The minimum atomic E-state index is -1.90. The van der Waals surface area contributed by atoms with Gasteiger partial charge in [-0.1, -0.05) is 92.7 Å². The smallest absolute Gasteiger partial charge is 0.334 e. The number of phenolic OH excluding ortho intramolecular Hbond substituents is 1. The van der Waals surface area contributed by atoms with Gasteiger partial charge in [-0.05, 0) is 91.5 Å². The van der Waals surface area contributed by atoms with E-state index in [9.17, 15) is 63.0 Å². The first kappa shape index (κ1) is 72.4. The summed E-state index contributed by atoms with van der Waals surface area (Å²) < 4.78 is 0. The molecular weight excluding hydrogens is 1240 g/mol. The molecule has 1 aliphatic rings. The number of amides is 12. The van der Waals surface area contributed by atoms with Crippen LogP contribution in [0.3, 0.4) is 0 Å². The molecule has 30 heteroatoms. The number of nitrogens with one attached hydrogen (secondary N) is 13. The number of aromatic nitrogens is 2. The summed E-state index contributed by atoms with van der Waals surface area (Å²) in [6.07, 6.45) is 1.85. The van der Waals surface area contributed by atoms with Gasteiger partial charge in [0.2, 0.25) is 53.2 Å². The summed E-state index contributed by atoms with van der Waals surface area (Å²) >= 11 is 0. The fraction of sp³-hybridized carbons (Fsp3) is 0.394. The average molecular weight is 1320 g/mol. The van der Waals surface area contributed by atoms with Crippen LogP contribution in [-0.4, -0.2) is 159 Å². The Balaban J connectivity index is 1.04. The van der Waals surface area contributed by atoms with Crippen LogP contribution in [0.4, 0.5) is 4.79 Å². The highest BCUT2D eigenvalue weighted by Crippen LogP contribution is 2.29. The van der Waals surface area contributed by atoms with Crippen molar-refractivity contribution in [3.05, 3.63) is 138 Å². The summed E-state index contributed by atoms with van der Waals surface area (Å²) in [6.45, 7) is 4.93. The maximum absolute atomic E-state index is 14.6. The number of nitrogens with zero attached hydrogens (tertiary/aromatic N) is 1. The molecule has 0 bridgehead atoms. The molecule has 7 rings (SSSR count). The summed E-state index contributed by atoms with van der Waals surface area (Å²) in [5, 5.41) is 46.1. The Morgan fingerprint density at radius 2 is 1.02 bits per heavy atom. The van der Waals surface area contributed by atoms with E-state index in [1.54, 1.807) is 93.0 Å². The number of aliphatic hydroxyl groups is 1. The van der Waals surface area contributed by atoms with Gasteiger partial charge in [0.15, 0.2) is 5.96 Å². The van der Waals surface area contributed by atoms with Gasteiger partial charge in [0, 0.05) is 79.4 Å². The van der Waals surface area contributed by atoms with Gasteiger partial charge in [-0.2, -0.15) is 0 Å². The molecule has 1 aliphatic carbocycles. The Bertz CT molecular complexity index is 3760. The highest BCUT2D eigenvalue weighted by Gasteiger charge is 2.38. The molecule has 0 saturated heterocycles. The third-order valence-electron chi connectivity index (χ3n) is 15.9. The number of hydrazine groups is 1. The average Bonchev–Trinajstić information content (AvgIpc) is 2.04. The van der Waals surface area contributed by atoms with E-state index in [1.165, 1.54) is 19.2 Å². The van der Waals surface area contributed by atoms with Crippen LogP contribution in [0.2, 0.25) is 0 Å². The Morgan fingerprint density at radius 1 is 0.531 bits per heavy atom. The lowest BCUT2D eigenvalue weighted by atomic mass is 10.0. The van der Waals surface area contributed by atoms with E-state index < -0.39 is 120 Å². The molecule has 0 unspecified atom stereocenters. The van der Waals surface area contributed by atoms with Crippen molar-refractivity contribution in [3.8, 4) is 5.75 Å². The standard InChI is InChI=1S/C66H85N17O13/c1-35(2)27-49(59(90)74-47(19-12-26-71-65(69)70-4)58(89)75-48(56(68)87)30-40-33-72-45-17-10-8-15-43(40)45)80-66(96)83-82-63(94)51(28-37-13-6-5-7-14-37)79-64(95)55(36(3)84)81-62(93)53(32-54(67)86)78-61(92)52(31-41-34-73-46-18-11-9-16-44(41)46)77-60(91)50(76-57(88)39-22-23-39)29-38-20-24-42(85)25-21-38/h5-11,13-18,20-21,24-25,33-36,39,47-53,55,72-73,84-85H,12,19,22-23,26-32H2,1-4H3,(H2,67,86)(H2,68,87)(H,74,90)(H,75,89)(H,76,88)(H,77,91)(H,78,92)(H,79,95)(H,81,93)(H,82,94)(H3,69,70,71)(H2,80,83,96)/t36-,47+,48+,49+,50-,51+,52-,53+,55+/m1/s1. The zero-order valence-electron chi connectivity index (χ0n) is 53.7. The molecule has 96 heavy (non-hydrogen) atoms. The molecule has 12 amide bonds. The number of phenols is 1. The van der Waals surface area contributed by atoms with Crippen molar-refractivity contribution in [2.24, 2.45) is 34.0 Å². The number of hydrogen-bond acceptors (Lipinski definition) is 14. The Kier molecular flexibility index (Phi) is 26.2. The van der Waals surface area contributed by atoms with E-state index in [2.05, 4.69) is 73.7 Å². The first-order valence-electron chi connectivity index (χ1n) is 31.5. The Labute approximate surface area is 553 Å². The van der Waals surface area contributed by atoms with E-state index in [4.69, 9.17) is 17.2 Å². The number of para-hydroxylation sites is 2. The Hall–Kier alpha value is -11.0. The molecule has 21 N–H and O–H groups in total. The minimum Gasteiger partial charge on any atom is -0.508 e. The number of benzene rings is 4. The summed E-state index contributed by atoms with van der Waals surface area (Å²) in [5.41, 5.74) is 25.5. The summed E-state index contributed by atoms with van der Waals surface area (Å²) in [7, 11) is 1.48. The van der Waals surface area contributed by atoms with Crippen LogP contribution in [0, 0.1) is 11.8 Å². The number of hydrogen-bond donors (Lipinski definition) is 18. The number of rotatable bonds is 34. The first-order chi connectivity index (χ1) is 45.8. The van der Waals surface area contributed by atoms with Crippen LogP contribution in [0.1, 0.15) is 81.5 Å². The monoisotopic (exact) mass is 1320 g/mol. The second kappa shape index (κ2) is 34.7. The topological polar surface area (TPSA) is 483 Å². The molecule has 30 nitrogen and oxygen atoms in total. The van der Waals surface area contributed by atoms with E-state index in [0.29, 0.717) is 46.0 Å². The quantitative estimate of drug-likeness (QED) is 0.0102. The zero-order chi connectivity index (χ0) is 69.6. The van der Waals surface area contributed by atoms with Gasteiger partial charge in [0.25, 0.3) is 5.91 Å². The number of aromatic amines is 2. The van der Waals surface area contributed by atoms with Crippen molar-refractivity contribution in [1.29, 1.82) is 0 Å². The van der Waals surface area contributed by atoms with E-state index in [-0.39, 0.29) is 80.9 Å². The zero-order valence-corrected chi connectivity index (χ0v) is 53.7. The maximum Gasteiger partial charge on any atom is 0.334 e. The van der Waals surface area contributed by atoms with Gasteiger partial charge in [0.1, 0.15) is 54.1 Å². The number of primary amides is 2. The van der Waals surface area contributed by atoms with Crippen molar-refractivity contribution in [3.63, 3.8) is 0 Å². The number of fused-ring (bicyclic) bond motifs is 2. The van der Waals surface area contributed by atoms with E-state index in [0.717, 1.165) is 17.8 Å². The maximum atomic E-state index is 14.6. The van der Waals surface area contributed by atoms with Crippen LogP contribution in [-0.2, 0) is 73.6 Å². The van der Waals surface area contributed by atoms with Gasteiger partial charge in [-0.15, -0.1) is 0 Å². The second-order valence-corrected chi connectivity index (χ2v) is 24.1. The molecule has 6 aromatic rings. The number of aliphatic hydroxyl groups excluding tert-OH is 1. The van der Waals surface area contributed by atoms with Crippen LogP contribution in [0.5, 0.6) is 5.75 Å². The van der Waals surface area contributed by atoms with Crippen molar-refractivity contribution in [2.75, 3.05) is 13.6 Å². The SMILES string of the molecule is CN=C(N)NCCC[C@H](NC(=O)[C@H](CC(C)C)NC(=O)NNC(=O)[C@H](Cc1ccccc1)NC(=O)[C@@H](NC(=O)[C@H](CC(N)=O)NC(=O)[C@@H](Cc1c[nH]c2ccccc12)NC(=O)[C@@H](Cc1ccc(O)cc1)NC(=O)C1CC1)[C@@H](C)O)C(=O)N[C@@H](Cc1c[nH]c2ccccc12)C(N)=O. The molecular formula is C66H85N17O13. The van der Waals surface area contributed by atoms with Crippen molar-refractivity contribution in [1.82, 2.24) is 68.7 Å². The van der Waals surface area contributed by atoms with Crippen molar-refractivity contribution >= 4 is 92.9 Å². The first-order valence-corrected chi connectivity index (χ1v) is 31.5. The third kappa shape index (κ3) is 21.8. The molecule has 4 aromatic carbocycles. The van der Waals surface area contributed by atoms with Gasteiger partial charge >= 0.3 is 6.03 Å².